The molecule has 1 N–H and O–H groups in total. The van der Waals surface area contributed by atoms with E-state index in [1.807, 2.05) is 6.26 Å². The Balaban J connectivity index is 1.87. The van der Waals surface area contributed by atoms with Crippen molar-refractivity contribution in [2.45, 2.75) is 12.5 Å². The molecule has 0 aromatic heterocycles. The number of hydrogen-bond donors (Lipinski definition) is 1. The first kappa shape index (κ1) is 19.6. The van der Waals surface area contributed by atoms with Crippen molar-refractivity contribution < 1.29 is 24.3 Å². The minimum atomic E-state index is -1.37. The summed E-state index contributed by atoms with van der Waals surface area (Å²) in [5, 5.41) is 13.6. The quantitative estimate of drug-likeness (QED) is 0.708. The van der Waals surface area contributed by atoms with Gasteiger partial charge in [0.25, 0.3) is 11.8 Å². The summed E-state index contributed by atoms with van der Waals surface area (Å²) in [5.74, 6) is -2.38. The van der Waals surface area contributed by atoms with E-state index in [2.05, 4.69) is 5.32 Å². The molecule has 0 radical (unpaired) electrons. The van der Waals surface area contributed by atoms with Gasteiger partial charge in [-0.1, -0.05) is 24.3 Å². The highest BCUT2D eigenvalue weighted by atomic mass is 32.2. The molecular weight excluding hydrogens is 380 g/mol. The maximum absolute atomic E-state index is 12.9. The Morgan fingerprint density at radius 3 is 2.29 bits per heavy atom. The Labute approximate surface area is 165 Å². The van der Waals surface area contributed by atoms with Gasteiger partial charge < -0.3 is 15.2 Å². The number of carboxylic acids is 1. The number of thioether (sulfide) groups is 1. The van der Waals surface area contributed by atoms with Crippen molar-refractivity contribution in [3.63, 3.8) is 0 Å². The molecule has 144 valence electrons. The van der Waals surface area contributed by atoms with Crippen LogP contribution in [0.4, 0.5) is 5.69 Å². The normalized spacial score (nSPS) is 14.0. The van der Waals surface area contributed by atoms with Gasteiger partial charge in [0.2, 0.25) is 5.91 Å². The van der Waals surface area contributed by atoms with Crippen molar-refractivity contribution in [2.75, 3.05) is 17.3 Å². The molecular formula is C20H17N2O5S-. The summed E-state index contributed by atoms with van der Waals surface area (Å²) < 4.78 is 0. The van der Waals surface area contributed by atoms with Gasteiger partial charge >= 0.3 is 0 Å². The molecule has 0 saturated heterocycles. The first-order valence-corrected chi connectivity index (χ1v) is 9.91. The van der Waals surface area contributed by atoms with E-state index in [1.54, 1.807) is 24.3 Å². The van der Waals surface area contributed by atoms with Gasteiger partial charge in [0.15, 0.2) is 0 Å². The SMILES string of the molecule is CSCC[C@@H](C(=O)Nc1cccc(C(=O)[O-])c1)N1C(=O)c2ccccc2C1=O. The number of rotatable bonds is 7. The van der Waals surface area contributed by atoms with Crippen LogP contribution in [0.2, 0.25) is 0 Å². The number of fused-ring (bicyclic) bond motifs is 1. The monoisotopic (exact) mass is 397 g/mol. The van der Waals surface area contributed by atoms with Gasteiger partial charge in [-0.25, -0.2) is 0 Å². The number of carbonyl (C=O) groups is 4. The third-order valence-corrected chi connectivity index (χ3v) is 5.04. The van der Waals surface area contributed by atoms with Gasteiger partial charge in [0, 0.05) is 5.69 Å². The first-order chi connectivity index (χ1) is 13.4. The largest absolute Gasteiger partial charge is 0.545 e. The minimum absolute atomic E-state index is 0.0841. The number of imide groups is 1. The third kappa shape index (κ3) is 3.77. The number of nitrogens with zero attached hydrogens (tertiary/aromatic N) is 1. The smallest absolute Gasteiger partial charge is 0.262 e. The van der Waals surface area contributed by atoms with Gasteiger partial charge in [-0.05, 0) is 48.3 Å². The predicted molar refractivity (Wildman–Crippen MR) is 103 cm³/mol. The topological polar surface area (TPSA) is 107 Å². The summed E-state index contributed by atoms with van der Waals surface area (Å²) in [4.78, 5) is 50.4. The van der Waals surface area contributed by atoms with Crippen LogP contribution in [0.3, 0.4) is 0 Å². The van der Waals surface area contributed by atoms with Crippen molar-refractivity contribution in [2.24, 2.45) is 0 Å². The molecule has 0 fully saturated rings. The molecule has 1 aliphatic rings. The fourth-order valence-corrected chi connectivity index (χ4v) is 3.51. The van der Waals surface area contributed by atoms with Gasteiger partial charge in [-0.15, -0.1) is 0 Å². The maximum atomic E-state index is 12.9. The number of amides is 3. The van der Waals surface area contributed by atoms with Gasteiger partial charge in [0.05, 0.1) is 17.1 Å². The number of nitrogens with one attached hydrogen (secondary N) is 1. The Bertz CT molecular complexity index is 924. The van der Waals surface area contributed by atoms with E-state index in [1.165, 1.54) is 36.0 Å². The molecule has 0 bridgehead atoms. The predicted octanol–water partition coefficient (Wildman–Crippen LogP) is 1.41. The highest BCUT2D eigenvalue weighted by Crippen LogP contribution is 2.26. The molecule has 3 rings (SSSR count). The summed E-state index contributed by atoms with van der Waals surface area (Å²) >= 11 is 1.49. The number of carbonyl (C=O) groups excluding carboxylic acids is 4. The van der Waals surface area contributed by atoms with Crippen LogP contribution >= 0.6 is 11.8 Å². The minimum Gasteiger partial charge on any atom is -0.545 e. The second-order valence-electron chi connectivity index (χ2n) is 6.18. The zero-order valence-corrected chi connectivity index (χ0v) is 15.8. The molecule has 0 unspecified atom stereocenters. The number of carboxylic acid groups (broad SMARTS) is 1. The number of benzene rings is 2. The second kappa shape index (κ2) is 8.26. The molecule has 8 heteroatoms. The van der Waals surface area contributed by atoms with Crippen molar-refractivity contribution in [1.82, 2.24) is 4.90 Å². The van der Waals surface area contributed by atoms with E-state index >= 15 is 0 Å². The molecule has 7 nitrogen and oxygen atoms in total. The summed E-state index contributed by atoms with van der Waals surface area (Å²) in [7, 11) is 0. The van der Waals surface area contributed by atoms with Crippen LogP contribution in [0, 0.1) is 0 Å². The van der Waals surface area contributed by atoms with Crippen LogP contribution in [0.5, 0.6) is 0 Å². The molecule has 2 aromatic carbocycles. The Morgan fingerprint density at radius 2 is 1.71 bits per heavy atom. The maximum Gasteiger partial charge on any atom is 0.262 e. The molecule has 1 aliphatic heterocycles. The number of hydrogen-bond acceptors (Lipinski definition) is 6. The van der Waals surface area contributed by atoms with E-state index in [4.69, 9.17) is 0 Å². The molecule has 2 aromatic rings. The Morgan fingerprint density at radius 1 is 1.07 bits per heavy atom. The Kier molecular flexibility index (Phi) is 5.79. The fraction of sp³-hybridized carbons (Fsp3) is 0.200. The standard InChI is InChI=1S/C20H18N2O5S/c1-28-10-9-16(17(23)21-13-6-4-5-12(11-13)20(26)27)22-18(24)14-7-2-3-8-15(14)19(22)25/h2-8,11,16H,9-10H2,1H3,(H,21,23)(H,26,27)/p-1/t16-/m0/s1. The molecule has 0 spiro atoms. The first-order valence-electron chi connectivity index (χ1n) is 8.52. The van der Waals surface area contributed by atoms with Crippen LogP contribution in [0.15, 0.2) is 48.5 Å². The van der Waals surface area contributed by atoms with Crippen LogP contribution < -0.4 is 10.4 Å². The lowest BCUT2D eigenvalue weighted by molar-refractivity contribution is -0.255. The van der Waals surface area contributed by atoms with Crippen LogP contribution in [0.25, 0.3) is 0 Å². The van der Waals surface area contributed by atoms with Crippen LogP contribution in [0.1, 0.15) is 37.5 Å². The lowest BCUT2D eigenvalue weighted by Crippen LogP contribution is -2.47. The van der Waals surface area contributed by atoms with E-state index < -0.39 is 29.7 Å². The zero-order chi connectivity index (χ0) is 20.3. The molecule has 1 heterocycles. The summed E-state index contributed by atoms with van der Waals surface area (Å²) in [6, 6.07) is 11.0. The summed E-state index contributed by atoms with van der Waals surface area (Å²) in [5.41, 5.74) is 0.707. The second-order valence-corrected chi connectivity index (χ2v) is 7.17. The molecule has 28 heavy (non-hydrogen) atoms. The highest BCUT2D eigenvalue weighted by molar-refractivity contribution is 7.98. The molecule has 1 atom stereocenters. The van der Waals surface area contributed by atoms with E-state index in [0.29, 0.717) is 5.75 Å². The summed E-state index contributed by atoms with van der Waals surface area (Å²) in [6.45, 7) is 0. The average molecular weight is 397 g/mol. The van der Waals surface area contributed by atoms with Crippen molar-refractivity contribution in [3.8, 4) is 0 Å². The van der Waals surface area contributed by atoms with E-state index in [9.17, 15) is 24.3 Å². The Hall–Kier alpha value is -3.13. The van der Waals surface area contributed by atoms with E-state index in [0.717, 1.165) is 4.90 Å². The van der Waals surface area contributed by atoms with Crippen molar-refractivity contribution in [3.05, 3.63) is 65.2 Å². The summed E-state index contributed by atoms with van der Waals surface area (Å²) in [6.07, 6.45) is 2.14. The van der Waals surface area contributed by atoms with Gasteiger partial charge in [0.1, 0.15) is 6.04 Å². The van der Waals surface area contributed by atoms with Crippen molar-refractivity contribution in [1.29, 1.82) is 0 Å². The highest BCUT2D eigenvalue weighted by Gasteiger charge is 2.42. The lowest BCUT2D eigenvalue weighted by Gasteiger charge is -2.25. The average Bonchev–Trinajstić information content (AvgIpc) is 2.94. The zero-order valence-electron chi connectivity index (χ0n) is 15.0. The van der Waals surface area contributed by atoms with Crippen LogP contribution in [-0.2, 0) is 4.79 Å². The van der Waals surface area contributed by atoms with Crippen molar-refractivity contribution >= 4 is 41.1 Å². The third-order valence-electron chi connectivity index (χ3n) is 4.40. The molecule has 0 aliphatic carbocycles. The number of aromatic carboxylic acids is 1. The number of anilines is 1. The fourth-order valence-electron chi connectivity index (χ4n) is 3.05. The molecule has 0 saturated carbocycles. The van der Waals surface area contributed by atoms with E-state index in [-0.39, 0.29) is 28.8 Å². The molecule has 3 amide bonds. The lowest BCUT2D eigenvalue weighted by atomic mass is 10.1. The van der Waals surface area contributed by atoms with Gasteiger partial charge in [-0.2, -0.15) is 11.8 Å². The van der Waals surface area contributed by atoms with Crippen LogP contribution in [-0.4, -0.2) is 46.6 Å². The van der Waals surface area contributed by atoms with Gasteiger partial charge in [-0.3, -0.25) is 19.3 Å².